The van der Waals surface area contributed by atoms with Crippen LogP contribution in [0.25, 0.3) is 50.1 Å². The minimum absolute atomic E-state index is 0.157. The van der Waals surface area contributed by atoms with Gasteiger partial charge in [0.2, 0.25) is 0 Å². The molecule has 0 spiro atoms. The van der Waals surface area contributed by atoms with Gasteiger partial charge in [-0.2, -0.15) is 5.10 Å². The van der Waals surface area contributed by atoms with Crippen molar-refractivity contribution in [3.8, 4) is 22.5 Å². The first-order chi connectivity index (χ1) is 20.8. The molecule has 0 unspecified atom stereocenters. The number of rotatable bonds is 9. The summed E-state index contributed by atoms with van der Waals surface area (Å²) in [5, 5.41) is 9.51. The molecule has 4 aromatic heterocycles. The highest BCUT2D eigenvalue weighted by atomic mass is 19.1. The third-order valence-electron chi connectivity index (χ3n) is 7.76. The van der Waals surface area contributed by atoms with E-state index in [1.165, 1.54) is 0 Å². The Kier molecular flexibility index (Phi) is 7.88. The molecule has 1 aromatic carbocycles. The Bertz CT molecular complexity index is 1860. The number of fused-ring (bicyclic) bond motifs is 2. The lowest BCUT2D eigenvalue weighted by molar-refractivity contribution is 0.256. The molecule has 1 aliphatic heterocycles. The number of hydrogen-bond donors (Lipinski definition) is 3. The third kappa shape index (κ3) is 5.84. The summed E-state index contributed by atoms with van der Waals surface area (Å²) in [5.41, 5.74) is 13.2. The van der Waals surface area contributed by atoms with Crippen LogP contribution < -0.4 is 5.73 Å². The van der Waals surface area contributed by atoms with E-state index in [-0.39, 0.29) is 11.9 Å². The second-order valence-corrected chi connectivity index (χ2v) is 11.3. The highest BCUT2D eigenvalue weighted by Crippen LogP contribution is 2.34. The van der Waals surface area contributed by atoms with Gasteiger partial charge in [0.15, 0.2) is 0 Å². The van der Waals surface area contributed by atoms with E-state index in [0.717, 1.165) is 94.1 Å². The van der Waals surface area contributed by atoms with Gasteiger partial charge in [0.25, 0.3) is 0 Å². The van der Waals surface area contributed by atoms with Gasteiger partial charge in [0, 0.05) is 36.1 Å². The number of aryl methyl sites for hydroxylation is 1. The van der Waals surface area contributed by atoms with Crippen molar-refractivity contribution < 1.29 is 4.39 Å². The van der Waals surface area contributed by atoms with Gasteiger partial charge in [-0.15, -0.1) is 0 Å². The van der Waals surface area contributed by atoms with Crippen LogP contribution in [0.3, 0.4) is 0 Å². The van der Waals surface area contributed by atoms with Crippen LogP contribution in [0.5, 0.6) is 0 Å². The van der Waals surface area contributed by atoms with E-state index in [2.05, 4.69) is 47.6 Å². The van der Waals surface area contributed by atoms with Crippen LogP contribution in [0.2, 0.25) is 0 Å². The molecule has 10 heteroatoms. The number of benzene rings is 1. The molecule has 0 aliphatic carbocycles. The fourth-order valence-electron chi connectivity index (χ4n) is 5.56. The summed E-state index contributed by atoms with van der Waals surface area (Å²) in [6, 6.07) is 11.4. The molecule has 0 amide bonds. The summed E-state index contributed by atoms with van der Waals surface area (Å²) in [5.74, 6) is 0.534. The number of allylic oxidation sites excluding steroid dienone is 1. The zero-order chi connectivity index (χ0) is 30.1. The number of halogens is 1. The van der Waals surface area contributed by atoms with Crippen molar-refractivity contribution in [3.63, 3.8) is 0 Å². The zero-order valence-corrected chi connectivity index (χ0v) is 24.7. The number of nitrogens with one attached hydrogen (secondary N) is 2. The number of aromatic nitrogens is 5. The fourth-order valence-corrected chi connectivity index (χ4v) is 5.56. The van der Waals surface area contributed by atoms with Crippen molar-refractivity contribution in [1.29, 1.82) is 0 Å². The van der Waals surface area contributed by atoms with Crippen molar-refractivity contribution in [2.45, 2.75) is 25.8 Å². The Hall–Kier alpha value is -4.67. The molecule has 4 N–H and O–H groups in total. The van der Waals surface area contributed by atoms with E-state index in [0.29, 0.717) is 5.65 Å². The quantitative estimate of drug-likeness (QED) is 0.160. The molecule has 1 saturated heterocycles. The largest absolute Gasteiger partial charge is 0.353 e. The predicted octanol–water partition coefficient (Wildman–Crippen LogP) is 5.39. The van der Waals surface area contributed by atoms with Crippen LogP contribution in [0.15, 0.2) is 72.5 Å². The molecule has 9 nitrogen and oxygen atoms in total. The summed E-state index contributed by atoms with van der Waals surface area (Å²) in [7, 11) is 4.09. The van der Waals surface area contributed by atoms with E-state index in [1.807, 2.05) is 45.3 Å². The van der Waals surface area contributed by atoms with Gasteiger partial charge in [-0.1, -0.05) is 18.7 Å². The van der Waals surface area contributed by atoms with E-state index >= 15 is 0 Å². The zero-order valence-electron chi connectivity index (χ0n) is 24.7. The smallest absolute Gasteiger partial charge is 0.138 e. The summed E-state index contributed by atoms with van der Waals surface area (Å²) in [6.45, 7) is 8.33. The van der Waals surface area contributed by atoms with E-state index < -0.39 is 0 Å². The van der Waals surface area contributed by atoms with Gasteiger partial charge in [0.05, 0.1) is 28.8 Å². The summed E-state index contributed by atoms with van der Waals surface area (Å²) >= 11 is 0. The van der Waals surface area contributed by atoms with Crippen LogP contribution in [-0.2, 0) is 6.42 Å². The molecular weight excluding hydrogens is 541 g/mol. The van der Waals surface area contributed by atoms with Crippen LogP contribution in [0, 0.1) is 5.82 Å². The number of nitrogens with zero attached hydrogens (tertiary/aromatic N) is 6. The van der Waals surface area contributed by atoms with Crippen molar-refractivity contribution >= 4 is 33.5 Å². The normalized spacial score (nSPS) is 14.7. The van der Waals surface area contributed by atoms with Crippen LogP contribution in [0.1, 0.15) is 24.6 Å². The van der Waals surface area contributed by atoms with Crippen molar-refractivity contribution in [2.24, 2.45) is 10.7 Å². The Morgan fingerprint density at radius 3 is 2.77 bits per heavy atom. The number of aliphatic imine (C=N–C) groups is 1. The Morgan fingerprint density at radius 2 is 2.02 bits per heavy atom. The topological polar surface area (TPSA) is 115 Å². The molecule has 0 saturated carbocycles. The number of pyridine rings is 2. The molecule has 0 radical (unpaired) electrons. The van der Waals surface area contributed by atoms with Gasteiger partial charge in [-0.25, -0.2) is 14.4 Å². The Balaban J connectivity index is 1.36. The van der Waals surface area contributed by atoms with Crippen LogP contribution >= 0.6 is 0 Å². The minimum Gasteiger partial charge on any atom is -0.353 e. The molecule has 1 aliphatic rings. The number of nitrogens with two attached hydrogens (primary N) is 1. The van der Waals surface area contributed by atoms with Crippen molar-refractivity contribution in [1.82, 2.24) is 34.9 Å². The number of likely N-dealkylation sites (tertiary alicyclic amines) is 1. The minimum atomic E-state index is -0.240. The Morgan fingerprint density at radius 1 is 1.19 bits per heavy atom. The average molecular weight is 578 g/mol. The molecule has 43 heavy (non-hydrogen) atoms. The SMILES string of the molecule is C=CC(=N/C(=C\C)c1cc2c(-c3cc4c(-c5cc(F)cc(CCCN(C)C)c5)ccnc4[nH]3)n[nH]c2cn1)N1CC(N)C1. The maximum atomic E-state index is 14.7. The van der Waals surface area contributed by atoms with Crippen LogP contribution in [-0.4, -0.2) is 80.6 Å². The highest BCUT2D eigenvalue weighted by Gasteiger charge is 2.25. The molecule has 220 valence electrons. The molecule has 5 aromatic rings. The van der Waals surface area contributed by atoms with Gasteiger partial charge >= 0.3 is 0 Å². The first-order valence-corrected chi connectivity index (χ1v) is 14.5. The average Bonchev–Trinajstić information content (AvgIpc) is 3.60. The van der Waals surface area contributed by atoms with Crippen molar-refractivity contribution in [2.75, 3.05) is 33.7 Å². The van der Waals surface area contributed by atoms with Crippen LogP contribution in [0.4, 0.5) is 4.39 Å². The standard InChI is InChI=1S/C33H36FN9/c1-5-27(38-31(6-2)43-18-23(35)19-43)28-16-26-30(17-37-28)40-41-32(26)29-15-25-24(9-10-36-33(25)39-29)21-12-20(13-22(34)14-21)8-7-11-42(3)4/h5-6,9-10,12-17,23H,2,7-8,11,18-19,35H2,1,3-4H3,(H,36,39)(H,40,41)/b27-5-,38-31?. The fraction of sp³-hybridized carbons (Fsp3) is 0.273. The van der Waals surface area contributed by atoms with Gasteiger partial charge in [-0.3, -0.25) is 10.1 Å². The molecule has 0 atom stereocenters. The van der Waals surface area contributed by atoms with Gasteiger partial charge < -0.3 is 20.5 Å². The highest BCUT2D eigenvalue weighted by molar-refractivity contribution is 6.01. The summed E-state index contributed by atoms with van der Waals surface area (Å²) < 4.78 is 14.7. The molecule has 6 rings (SSSR count). The second-order valence-electron chi connectivity index (χ2n) is 11.3. The Labute approximate surface area is 250 Å². The van der Waals surface area contributed by atoms with Crippen molar-refractivity contribution in [3.05, 3.63) is 84.6 Å². The summed E-state index contributed by atoms with van der Waals surface area (Å²) in [4.78, 5) is 21.7. The molecule has 5 heterocycles. The maximum Gasteiger partial charge on any atom is 0.138 e. The first kappa shape index (κ1) is 28.4. The molecular formula is C33H36FN9. The van der Waals surface area contributed by atoms with E-state index in [4.69, 9.17) is 10.7 Å². The number of amidine groups is 1. The monoisotopic (exact) mass is 577 g/mol. The third-order valence-corrected chi connectivity index (χ3v) is 7.76. The van der Waals surface area contributed by atoms with E-state index in [1.54, 1.807) is 30.6 Å². The predicted molar refractivity (Wildman–Crippen MR) is 172 cm³/mol. The molecule has 0 bridgehead atoms. The number of hydrogen-bond acceptors (Lipinski definition) is 6. The van der Waals surface area contributed by atoms with Gasteiger partial charge in [-0.05, 0) is 93.5 Å². The number of H-pyrrole nitrogens is 2. The van der Waals surface area contributed by atoms with E-state index in [9.17, 15) is 4.39 Å². The lowest BCUT2D eigenvalue weighted by atomic mass is 9.99. The number of aromatic amines is 2. The molecule has 1 fully saturated rings. The summed E-state index contributed by atoms with van der Waals surface area (Å²) in [6.07, 6.45) is 8.97. The second kappa shape index (κ2) is 11.9. The lowest BCUT2D eigenvalue weighted by Gasteiger charge is -2.38. The maximum absolute atomic E-state index is 14.7. The van der Waals surface area contributed by atoms with Gasteiger partial charge in [0.1, 0.15) is 23.0 Å². The first-order valence-electron chi connectivity index (χ1n) is 14.5. The lowest BCUT2D eigenvalue weighted by Crippen LogP contribution is -2.57.